The van der Waals surface area contributed by atoms with Crippen molar-refractivity contribution in [3.63, 3.8) is 0 Å². The van der Waals surface area contributed by atoms with Crippen LogP contribution in [0.1, 0.15) is 12.6 Å². The van der Waals surface area contributed by atoms with E-state index in [0.717, 1.165) is 10.7 Å². The first-order chi connectivity index (χ1) is 9.45. The third-order valence-electron chi connectivity index (χ3n) is 2.78. The summed E-state index contributed by atoms with van der Waals surface area (Å²) in [6.45, 7) is 3.80. The lowest BCUT2D eigenvalue weighted by Gasteiger charge is -2.12. The van der Waals surface area contributed by atoms with Crippen LogP contribution in [0, 0.1) is 6.92 Å². The average molecular weight is 290 g/mol. The number of nitrogen functional groups attached to an aromatic ring is 1. The molecule has 0 bridgehead atoms. The van der Waals surface area contributed by atoms with Crippen molar-refractivity contribution >= 4 is 29.0 Å². The molecule has 5 nitrogen and oxygen atoms in total. The van der Waals surface area contributed by atoms with Gasteiger partial charge in [0.25, 0.3) is 0 Å². The Kier molecular flexibility index (Phi) is 4.34. The van der Waals surface area contributed by atoms with Gasteiger partial charge in [-0.05, 0) is 38.1 Å². The number of nitrogens with zero attached hydrogens (tertiary/aromatic N) is 2. The van der Waals surface area contributed by atoms with Gasteiger partial charge in [0, 0.05) is 18.4 Å². The molecule has 2 aromatic rings. The highest BCUT2D eigenvalue weighted by atomic mass is 32.2. The molecule has 0 aliphatic rings. The van der Waals surface area contributed by atoms with Gasteiger partial charge in [-0.25, -0.2) is 0 Å². The molecule has 0 fully saturated rings. The number of carbonyl (C=O) groups is 1. The molecule has 3 N–H and O–H groups in total. The van der Waals surface area contributed by atoms with Crippen LogP contribution in [-0.4, -0.2) is 20.9 Å². The Morgan fingerprint density at radius 2 is 2.20 bits per heavy atom. The van der Waals surface area contributed by atoms with Crippen molar-refractivity contribution in [1.29, 1.82) is 0 Å². The SMILES string of the molecule is Cc1cc(SC(C)C(=O)Nc2cccc(N)c2)n(C)n1. The van der Waals surface area contributed by atoms with Crippen LogP contribution in [0.2, 0.25) is 0 Å². The van der Waals surface area contributed by atoms with Gasteiger partial charge >= 0.3 is 0 Å². The van der Waals surface area contributed by atoms with Gasteiger partial charge in [0.15, 0.2) is 0 Å². The normalized spacial score (nSPS) is 12.2. The molecule has 20 heavy (non-hydrogen) atoms. The second-order valence-electron chi connectivity index (χ2n) is 4.62. The van der Waals surface area contributed by atoms with Crippen LogP contribution in [0.4, 0.5) is 11.4 Å². The quantitative estimate of drug-likeness (QED) is 0.670. The Morgan fingerprint density at radius 3 is 2.80 bits per heavy atom. The fourth-order valence-electron chi connectivity index (χ4n) is 1.79. The zero-order valence-corrected chi connectivity index (χ0v) is 12.6. The molecule has 106 valence electrons. The number of hydrogen-bond donors (Lipinski definition) is 2. The van der Waals surface area contributed by atoms with E-state index in [2.05, 4.69) is 10.4 Å². The summed E-state index contributed by atoms with van der Waals surface area (Å²) in [5.74, 6) is -0.0561. The third kappa shape index (κ3) is 3.54. The monoisotopic (exact) mass is 290 g/mol. The first-order valence-electron chi connectivity index (χ1n) is 6.29. The van der Waals surface area contributed by atoms with Crippen molar-refractivity contribution in [2.24, 2.45) is 7.05 Å². The first-order valence-corrected chi connectivity index (χ1v) is 7.17. The second-order valence-corrected chi connectivity index (χ2v) is 5.98. The lowest BCUT2D eigenvalue weighted by Crippen LogP contribution is -2.22. The number of nitrogens with two attached hydrogens (primary N) is 1. The lowest BCUT2D eigenvalue weighted by atomic mass is 10.3. The van der Waals surface area contributed by atoms with Crippen molar-refractivity contribution in [3.05, 3.63) is 36.0 Å². The van der Waals surface area contributed by atoms with Gasteiger partial charge in [-0.1, -0.05) is 17.8 Å². The molecule has 1 aromatic carbocycles. The number of thioether (sulfide) groups is 1. The minimum atomic E-state index is -0.216. The molecule has 6 heteroatoms. The number of carbonyl (C=O) groups excluding carboxylic acids is 1. The summed E-state index contributed by atoms with van der Waals surface area (Å²) in [4.78, 5) is 12.1. The van der Waals surface area contributed by atoms with Crippen LogP contribution in [0.15, 0.2) is 35.4 Å². The number of rotatable bonds is 4. The minimum absolute atomic E-state index is 0.0561. The van der Waals surface area contributed by atoms with Crippen LogP contribution in [0.25, 0.3) is 0 Å². The Balaban J connectivity index is 2.00. The second kappa shape index (κ2) is 6.00. The number of hydrogen-bond acceptors (Lipinski definition) is 4. The van der Waals surface area contributed by atoms with E-state index in [1.54, 1.807) is 16.8 Å². The molecule has 1 heterocycles. The van der Waals surface area contributed by atoms with E-state index in [9.17, 15) is 4.79 Å². The smallest absolute Gasteiger partial charge is 0.237 e. The van der Waals surface area contributed by atoms with Crippen molar-refractivity contribution in [2.75, 3.05) is 11.1 Å². The number of benzene rings is 1. The highest BCUT2D eigenvalue weighted by Gasteiger charge is 2.16. The molecular formula is C14H18N4OS. The van der Waals surface area contributed by atoms with Gasteiger partial charge in [0.05, 0.1) is 16.0 Å². The molecule has 1 atom stereocenters. The zero-order valence-electron chi connectivity index (χ0n) is 11.8. The molecule has 1 amide bonds. The van der Waals surface area contributed by atoms with E-state index in [-0.39, 0.29) is 11.2 Å². The number of amides is 1. The van der Waals surface area contributed by atoms with Crippen LogP contribution < -0.4 is 11.1 Å². The predicted molar refractivity (Wildman–Crippen MR) is 82.7 cm³/mol. The summed E-state index contributed by atoms with van der Waals surface area (Å²) >= 11 is 1.48. The molecule has 0 spiro atoms. The van der Waals surface area contributed by atoms with E-state index >= 15 is 0 Å². The van der Waals surface area contributed by atoms with E-state index in [4.69, 9.17) is 5.73 Å². The topological polar surface area (TPSA) is 72.9 Å². The number of aryl methyl sites for hydroxylation is 2. The van der Waals surface area contributed by atoms with Crippen molar-refractivity contribution in [2.45, 2.75) is 24.1 Å². The van der Waals surface area contributed by atoms with E-state index < -0.39 is 0 Å². The highest BCUT2D eigenvalue weighted by Crippen LogP contribution is 2.24. The Hall–Kier alpha value is -1.95. The standard InChI is InChI=1S/C14H18N4OS/c1-9-7-13(18(3)17-9)20-10(2)14(19)16-12-6-4-5-11(15)8-12/h4-8,10H,15H2,1-3H3,(H,16,19). The molecule has 1 aromatic heterocycles. The maximum absolute atomic E-state index is 12.1. The van der Waals surface area contributed by atoms with Crippen LogP contribution in [0.3, 0.4) is 0 Å². The summed E-state index contributed by atoms with van der Waals surface area (Å²) in [6, 6.07) is 9.12. The molecule has 0 aliphatic heterocycles. The molecule has 0 saturated carbocycles. The van der Waals surface area contributed by atoms with Gasteiger partial charge in [-0.15, -0.1) is 0 Å². The minimum Gasteiger partial charge on any atom is -0.399 e. The van der Waals surface area contributed by atoms with Crippen molar-refractivity contribution in [3.8, 4) is 0 Å². The molecular weight excluding hydrogens is 272 g/mol. The summed E-state index contributed by atoms with van der Waals surface area (Å²) in [5.41, 5.74) is 7.97. The number of aromatic nitrogens is 2. The van der Waals surface area contributed by atoms with Gasteiger partial charge in [-0.2, -0.15) is 5.10 Å². The lowest BCUT2D eigenvalue weighted by molar-refractivity contribution is -0.115. The summed E-state index contributed by atoms with van der Waals surface area (Å²) in [6.07, 6.45) is 0. The van der Waals surface area contributed by atoms with E-state index in [0.29, 0.717) is 11.4 Å². The summed E-state index contributed by atoms with van der Waals surface area (Å²) in [5, 5.41) is 7.88. The first kappa shape index (κ1) is 14.5. The maximum Gasteiger partial charge on any atom is 0.237 e. The fourth-order valence-corrected chi connectivity index (χ4v) is 2.75. The van der Waals surface area contributed by atoms with Gasteiger partial charge in [0.1, 0.15) is 0 Å². The van der Waals surface area contributed by atoms with Crippen LogP contribution in [0.5, 0.6) is 0 Å². The molecule has 2 rings (SSSR count). The maximum atomic E-state index is 12.1. The Morgan fingerprint density at radius 1 is 1.45 bits per heavy atom. The van der Waals surface area contributed by atoms with Gasteiger partial charge < -0.3 is 11.1 Å². The average Bonchev–Trinajstić information content (AvgIpc) is 2.67. The number of nitrogens with one attached hydrogen (secondary N) is 1. The van der Waals surface area contributed by atoms with E-state index in [1.165, 1.54) is 11.8 Å². The van der Waals surface area contributed by atoms with Gasteiger partial charge in [-0.3, -0.25) is 9.48 Å². The Bertz CT molecular complexity index is 623. The van der Waals surface area contributed by atoms with Gasteiger partial charge in [0.2, 0.25) is 5.91 Å². The zero-order chi connectivity index (χ0) is 14.7. The Labute approximate surface area is 122 Å². The molecule has 1 unspecified atom stereocenters. The predicted octanol–water partition coefficient (Wildman–Crippen LogP) is 2.43. The van der Waals surface area contributed by atoms with E-state index in [1.807, 2.05) is 39.1 Å². The highest BCUT2D eigenvalue weighted by molar-refractivity contribution is 8.00. The van der Waals surface area contributed by atoms with Crippen LogP contribution in [-0.2, 0) is 11.8 Å². The molecule has 0 saturated heterocycles. The largest absolute Gasteiger partial charge is 0.399 e. The summed E-state index contributed by atoms with van der Waals surface area (Å²) in [7, 11) is 1.87. The molecule has 0 aliphatic carbocycles. The van der Waals surface area contributed by atoms with Crippen molar-refractivity contribution < 1.29 is 4.79 Å². The van der Waals surface area contributed by atoms with Crippen molar-refractivity contribution in [1.82, 2.24) is 9.78 Å². The molecule has 0 radical (unpaired) electrons. The van der Waals surface area contributed by atoms with Crippen LogP contribution >= 0.6 is 11.8 Å². The number of anilines is 2. The fraction of sp³-hybridized carbons (Fsp3) is 0.286. The summed E-state index contributed by atoms with van der Waals surface area (Å²) < 4.78 is 1.78. The third-order valence-corrected chi connectivity index (χ3v) is 3.97.